The maximum Gasteiger partial charge on any atom is 0.274 e. The van der Waals surface area contributed by atoms with Gasteiger partial charge in [0.1, 0.15) is 41.4 Å². The standard InChI is InChI=1S/C36H43N5O8S3.C35H41N5O6S2.CH3ClO2S/c1-51(45,46)41(22-24-12-6-5-7-13-24)29-16-9-4-2-3-8-14-25-21-36(25,34(44)39-52(47,48)27-18-19-27)38-32(42)30-20-26(23-40(30)33(29)43)49-35-37-28-15-10-11-17-31(28)50-35;41-31-29-19-25(46-34-37-27-14-9-10-16-30(27)47-34)22-40(29)32(42)28(36-21-23-11-5-4-6-12-23)15-8-3-1-2-7-13-24-20-35(24,38-31)33(43)39-48(44,45)26-17-18-26;1-5(2,3)4/h5-8,10-15,17,25-27,29-30H,2-4,9,16,18-23H2,1H3,(H,38,42)(H,39,44);4-7,9-14,16,24-26,28-29,36H,1-3,8,15,17-22H2,(H,38,41)(H,39,43);1H3/b14-8-;13-7-;/t25-,26-,29+,30+,36-;24-,25-,28+,29+,35-;/m11./s1. The molecule has 105 heavy (non-hydrogen) atoms. The molecule has 4 aliphatic heterocycles. The highest BCUT2D eigenvalue weighted by atomic mass is 35.7. The molecular formula is C72H87ClN10O16S6. The van der Waals surface area contributed by atoms with E-state index >= 15 is 0 Å². The molecule has 4 aliphatic carbocycles. The van der Waals surface area contributed by atoms with Crippen molar-refractivity contribution < 1.29 is 71.9 Å². The molecule has 2 saturated heterocycles. The van der Waals surface area contributed by atoms with Crippen LogP contribution in [0.5, 0.6) is 10.4 Å². The van der Waals surface area contributed by atoms with Crippen molar-refractivity contribution in [1.82, 2.24) is 49.5 Å². The first-order valence-corrected chi connectivity index (χ1v) is 44.8. The molecule has 6 heterocycles. The molecule has 4 aromatic carbocycles. The maximum atomic E-state index is 14.8. The fraction of sp³-hybridized carbons (Fsp3) is 0.500. The van der Waals surface area contributed by atoms with Crippen molar-refractivity contribution in [2.45, 2.75) is 187 Å². The average Bonchev–Trinajstić information content (AvgIpc) is 1.58. The van der Waals surface area contributed by atoms with E-state index in [1.807, 2.05) is 109 Å². The number of amides is 6. The van der Waals surface area contributed by atoms with Crippen LogP contribution < -0.4 is 34.9 Å². The van der Waals surface area contributed by atoms with Crippen molar-refractivity contribution in [3.8, 4) is 10.4 Å². The number of benzene rings is 4. The summed E-state index contributed by atoms with van der Waals surface area (Å²) < 4.78 is 117. The van der Waals surface area contributed by atoms with Gasteiger partial charge in [-0.2, -0.15) is 4.31 Å². The number of hydrogen-bond acceptors (Lipinski definition) is 21. The van der Waals surface area contributed by atoms with E-state index in [-0.39, 0.29) is 63.6 Å². The second-order valence-corrected chi connectivity index (χ2v) is 39.2. The third kappa shape index (κ3) is 19.7. The van der Waals surface area contributed by atoms with E-state index in [0.717, 1.165) is 77.0 Å². The molecular weight excluding hydrogens is 1490 g/mol. The number of fused-ring (bicyclic) bond motifs is 6. The lowest BCUT2D eigenvalue weighted by atomic mass is 10.0. The second kappa shape index (κ2) is 32.6. The molecule has 26 nitrogen and oxygen atoms in total. The minimum atomic E-state index is -3.92. The first-order chi connectivity index (χ1) is 50.1. The number of thiazole rings is 2. The van der Waals surface area contributed by atoms with Gasteiger partial charge in [-0.15, -0.1) is 0 Å². The third-order valence-electron chi connectivity index (χ3n) is 20.1. The van der Waals surface area contributed by atoms with Gasteiger partial charge in [0.15, 0.2) is 0 Å². The molecule has 564 valence electrons. The Morgan fingerprint density at radius 3 is 1.45 bits per heavy atom. The molecule has 10 atom stereocenters. The van der Waals surface area contributed by atoms with Crippen LogP contribution in [-0.4, -0.2) is 177 Å². The van der Waals surface area contributed by atoms with Crippen LogP contribution in [0.4, 0.5) is 0 Å². The molecule has 6 aromatic rings. The molecule has 6 amide bonds. The zero-order chi connectivity index (χ0) is 74.5. The predicted molar refractivity (Wildman–Crippen MR) is 399 cm³/mol. The van der Waals surface area contributed by atoms with Crippen molar-refractivity contribution in [1.29, 1.82) is 0 Å². The number of ether oxygens (including phenoxy) is 2. The van der Waals surface area contributed by atoms with Gasteiger partial charge in [0.05, 0.1) is 62.6 Å². The summed E-state index contributed by atoms with van der Waals surface area (Å²) in [4.78, 5) is 97.2. The van der Waals surface area contributed by atoms with Crippen molar-refractivity contribution in [3.05, 3.63) is 145 Å². The third-order valence-corrected chi connectivity index (χ3v) is 26.8. The summed E-state index contributed by atoms with van der Waals surface area (Å²) in [5.41, 5.74) is 0.405. The van der Waals surface area contributed by atoms with Gasteiger partial charge in [-0.1, -0.05) is 158 Å². The molecule has 2 aromatic heterocycles. The van der Waals surface area contributed by atoms with Crippen LogP contribution in [0, 0.1) is 11.8 Å². The molecule has 0 unspecified atom stereocenters. The van der Waals surface area contributed by atoms with E-state index < -0.39 is 133 Å². The zero-order valence-electron chi connectivity index (χ0n) is 58.1. The Labute approximate surface area is 624 Å². The fourth-order valence-corrected chi connectivity index (χ4v) is 19.5. The molecule has 0 spiro atoms. The van der Waals surface area contributed by atoms with Crippen molar-refractivity contribution in [3.63, 3.8) is 0 Å². The summed E-state index contributed by atoms with van der Waals surface area (Å²) in [6.45, 7) is 0.617. The Balaban J connectivity index is 0.000000186. The molecule has 0 bridgehead atoms. The predicted octanol–water partition coefficient (Wildman–Crippen LogP) is 7.47. The monoisotopic (exact) mass is 1570 g/mol. The first kappa shape index (κ1) is 77.2. The van der Waals surface area contributed by atoms with E-state index in [0.29, 0.717) is 67.4 Å². The summed E-state index contributed by atoms with van der Waals surface area (Å²) in [6, 6.07) is 30.5. The highest BCUT2D eigenvalue weighted by molar-refractivity contribution is 8.13. The number of para-hydroxylation sites is 2. The molecule has 5 N–H and O–H groups in total. The number of hydrogen-bond donors (Lipinski definition) is 5. The van der Waals surface area contributed by atoms with Crippen LogP contribution in [0.25, 0.3) is 20.4 Å². The highest BCUT2D eigenvalue weighted by Gasteiger charge is 2.64. The van der Waals surface area contributed by atoms with E-state index in [1.165, 1.54) is 31.9 Å². The van der Waals surface area contributed by atoms with Gasteiger partial charge in [-0.3, -0.25) is 38.2 Å². The Morgan fingerprint density at radius 1 is 0.571 bits per heavy atom. The van der Waals surface area contributed by atoms with Crippen molar-refractivity contribution in [2.75, 3.05) is 25.6 Å². The number of aromatic nitrogens is 2. The number of carbonyl (C=O) groups excluding carboxylic acids is 6. The molecule has 14 rings (SSSR count). The van der Waals surface area contributed by atoms with E-state index in [1.54, 1.807) is 29.2 Å². The SMILES string of the molecule is CS(=O)(=O)Cl.CS(=O)(=O)N(Cc1ccccc1)[C@H]1CCCCC/C=C\[C@@H]2C[C@@]2(C(=O)NS(=O)(=O)C2CC2)NC(=O)[C@@H]2C[C@@H](Oc3nc4ccccc4s3)CN2C1=O.O=C1N[C@]2(C(=O)NS(=O)(=O)C3CC3)C[C@H]2/C=C\CCCCC[C@H](NCc2ccccc2)C(=O)N2C[C@H](Oc3nc4ccccc4s3)C[C@@H]12. The summed E-state index contributed by atoms with van der Waals surface area (Å²) in [5.74, 6) is -4.16. The average molecular weight is 1580 g/mol. The van der Waals surface area contributed by atoms with Gasteiger partial charge in [0, 0.05) is 48.4 Å². The smallest absolute Gasteiger partial charge is 0.274 e. The van der Waals surface area contributed by atoms with Gasteiger partial charge >= 0.3 is 0 Å². The fourth-order valence-electron chi connectivity index (χ4n) is 14.0. The summed E-state index contributed by atoms with van der Waals surface area (Å²) in [6.07, 6.45) is 18.3. The Morgan fingerprint density at radius 2 is 1.00 bits per heavy atom. The summed E-state index contributed by atoms with van der Waals surface area (Å²) in [5, 5.41) is 8.89. The summed E-state index contributed by atoms with van der Waals surface area (Å²) in [7, 11) is -10.3. The lowest BCUT2D eigenvalue weighted by molar-refractivity contribution is -0.142. The first-order valence-electron chi connectivity index (χ1n) is 35.5. The topological polar surface area (TPSA) is 353 Å². The lowest BCUT2D eigenvalue weighted by Crippen LogP contribution is -2.58. The van der Waals surface area contributed by atoms with Gasteiger partial charge in [-0.05, 0) is 112 Å². The van der Waals surface area contributed by atoms with Crippen LogP contribution in [0.2, 0.25) is 0 Å². The number of nitrogens with one attached hydrogen (secondary N) is 5. The number of nitrogens with zero attached hydrogens (tertiary/aromatic N) is 5. The highest BCUT2D eigenvalue weighted by Crippen LogP contribution is 2.48. The van der Waals surface area contributed by atoms with Crippen LogP contribution in [0.3, 0.4) is 0 Å². The number of carbonyl (C=O) groups is 6. The Hall–Kier alpha value is -7.43. The van der Waals surface area contributed by atoms with E-state index in [2.05, 4.69) is 46.0 Å². The zero-order valence-corrected chi connectivity index (χ0v) is 63.8. The van der Waals surface area contributed by atoms with E-state index in [9.17, 15) is 62.4 Å². The van der Waals surface area contributed by atoms with Crippen molar-refractivity contribution in [2.24, 2.45) is 11.8 Å². The van der Waals surface area contributed by atoms with Crippen LogP contribution in [0.15, 0.2) is 133 Å². The van der Waals surface area contributed by atoms with Crippen LogP contribution >= 0.6 is 33.4 Å². The number of allylic oxidation sites excluding steroid dienone is 2. The molecule has 33 heteroatoms. The number of halogens is 1. The van der Waals surface area contributed by atoms with Gasteiger partial charge < -0.3 is 35.2 Å². The second-order valence-electron chi connectivity index (χ2n) is 28.3. The van der Waals surface area contributed by atoms with Crippen LogP contribution in [0.1, 0.15) is 127 Å². The summed E-state index contributed by atoms with van der Waals surface area (Å²) >= 11 is 2.74. The quantitative estimate of drug-likeness (QED) is 0.0436. The molecule has 6 fully saturated rings. The van der Waals surface area contributed by atoms with Gasteiger partial charge in [0.2, 0.25) is 62.7 Å². The van der Waals surface area contributed by atoms with Gasteiger partial charge in [-0.25, -0.2) is 43.6 Å². The number of rotatable bonds is 17. The molecule has 8 aliphatic rings. The van der Waals surface area contributed by atoms with Crippen molar-refractivity contribution >= 4 is 128 Å². The number of sulfonamides is 3. The largest absolute Gasteiger partial charge is 0.465 e. The minimum Gasteiger partial charge on any atom is -0.465 e. The lowest BCUT2D eigenvalue weighted by Gasteiger charge is -2.34. The minimum absolute atomic E-state index is 0.0229. The Bertz CT molecular complexity index is 4660. The molecule has 4 saturated carbocycles. The van der Waals surface area contributed by atoms with E-state index in [4.69, 9.17) is 9.47 Å². The molecule has 0 radical (unpaired) electrons. The maximum absolute atomic E-state index is 14.8. The Kier molecular flexibility index (Phi) is 23.9. The van der Waals surface area contributed by atoms with Gasteiger partial charge in [0.25, 0.3) is 22.2 Å². The normalized spacial score (nSPS) is 27.5. The van der Waals surface area contributed by atoms with Crippen LogP contribution in [-0.2, 0) is 81.0 Å².